The van der Waals surface area contributed by atoms with Gasteiger partial charge in [-0.25, -0.2) is 4.39 Å². The van der Waals surface area contributed by atoms with Crippen molar-refractivity contribution < 1.29 is 9.18 Å². The second-order valence-corrected chi connectivity index (χ2v) is 3.89. The summed E-state index contributed by atoms with van der Waals surface area (Å²) in [4.78, 5) is 11.6. The Morgan fingerprint density at radius 2 is 2.18 bits per heavy atom. The first-order chi connectivity index (χ1) is 8.13. The Balaban J connectivity index is 2.44. The predicted molar refractivity (Wildman–Crippen MR) is 62.9 cm³/mol. The minimum absolute atomic E-state index is 0.274. The monoisotopic (exact) mass is 234 g/mol. The third kappa shape index (κ3) is 4.64. The van der Waals surface area contributed by atoms with Crippen LogP contribution in [0.5, 0.6) is 0 Å². The number of carbonyl (C=O) groups is 1. The Morgan fingerprint density at radius 3 is 2.82 bits per heavy atom. The fourth-order valence-corrected chi connectivity index (χ4v) is 1.50. The summed E-state index contributed by atoms with van der Waals surface area (Å²) in [6.07, 6.45) is 2.02. The third-order valence-electron chi connectivity index (χ3n) is 2.31. The van der Waals surface area contributed by atoms with Gasteiger partial charge in [-0.1, -0.05) is 0 Å². The number of rotatable bonds is 5. The summed E-state index contributed by atoms with van der Waals surface area (Å²) in [5, 5.41) is 11.0. The van der Waals surface area contributed by atoms with Gasteiger partial charge < -0.3 is 5.32 Å². The maximum absolute atomic E-state index is 13.1. The highest BCUT2D eigenvalue weighted by Gasteiger charge is 2.06. The Kier molecular flexibility index (Phi) is 5.15. The standard InChI is InChI=1S/C13H15FN2O/c1-10-7-11(9-12(14)8-10)13(17)16-6-4-2-3-5-15/h7-9H,2-4,6H2,1H3,(H,16,17). The summed E-state index contributed by atoms with van der Waals surface area (Å²) >= 11 is 0. The van der Waals surface area contributed by atoms with Crippen LogP contribution in [0.1, 0.15) is 35.2 Å². The molecule has 1 N–H and O–H groups in total. The van der Waals surface area contributed by atoms with E-state index in [4.69, 9.17) is 5.26 Å². The van der Waals surface area contributed by atoms with Crippen LogP contribution in [0, 0.1) is 24.1 Å². The van der Waals surface area contributed by atoms with Crippen LogP contribution in [0.25, 0.3) is 0 Å². The molecule has 1 aromatic rings. The first kappa shape index (κ1) is 13.2. The van der Waals surface area contributed by atoms with Crippen LogP contribution < -0.4 is 5.32 Å². The lowest BCUT2D eigenvalue weighted by atomic mass is 10.1. The Labute approximate surface area is 100 Å². The summed E-state index contributed by atoms with van der Waals surface area (Å²) in [5.74, 6) is -0.677. The zero-order valence-electron chi connectivity index (χ0n) is 9.79. The van der Waals surface area contributed by atoms with Gasteiger partial charge in [-0.3, -0.25) is 4.79 Å². The molecule has 0 saturated carbocycles. The normalized spacial score (nSPS) is 9.71. The second-order valence-electron chi connectivity index (χ2n) is 3.89. The maximum atomic E-state index is 13.1. The number of nitrogens with zero attached hydrogens (tertiary/aromatic N) is 1. The van der Waals surface area contributed by atoms with Gasteiger partial charge in [-0.05, 0) is 43.5 Å². The van der Waals surface area contributed by atoms with E-state index in [1.807, 2.05) is 6.07 Å². The van der Waals surface area contributed by atoms with Crippen LogP contribution in [0.3, 0.4) is 0 Å². The van der Waals surface area contributed by atoms with E-state index in [1.165, 1.54) is 12.1 Å². The molecule has 0 aliphatic heterocycles. The van der Waals surface area contributed by atoms with Crippen LogP contribution >= 0.6 is 0 Å². The fraction of sp³-hybridized carbons (Fsp3) is 0.385. The highest BCUT2D eigenvalue weighted by molar-refractivity contribution is 5.94. The molecule has 3 nitrogen and oxygen atoms in total. The molecule has 0 unspecified atom stereocenters. The topological polar surface area (TPSA) is 52.9 Å². The van der Waals surface area contributed by atoms with E-state index in [2.05, 4.69) is 5.32 Å². The quantitative estimate of drug-likeness (QED) is 0.796. The largest absolute Gasteiger partial charge is 0.352 e. The highest BCUT2D eigenvalue weighted by atomic mass is 19.1. The summed E-state index contributed by atoms with van der Waals surface area (Å²) < 4.78 is 13.1. The zero-order valence-corrected chi connectivity index (χ0v) is 9.79. The molecule has 1 amide bonds. The van der Waals surface area contributed by atoms with Crippen molar-refractivity contribution in [2.75, 3.05) is 6.54 Å². The summed E-state index contributed by atoms with van der Waals surface area (Å²) in [6, 6.07) is 6.29. The van der Waals surface area contributed by atoms with E-state index in [1.54, 1.807) is 13.0 Å². The Bertz CT molecular complexity index is 417. The predicted octanol–water partition coefficient (Wildman–Crippen LogP) is 2.56. The van der Waals surface area contributed by atoms with Crippen LogP contribution in [-0.2, 0) is 0 Å². The smallest absolute Gasteiger partial charge is 0.251 e. The first-order valence-corrected chi connectivity index (χ1v) is 5.56. The molecule has 1 aromatic carbocycles. The van der Waals surface area contributed by atoms with Crippen molar-refractivity contribution >= 4 is 5.91 Å². The summed E-state index contributed by atoms with van der Waals surface area (Å²) in [5.41, 5.74) is 1.06. The molecule has 0 aliphatic rings. The van der Waals surface area contributed by atoms with E-state index in [0.717, 1.165) is 18.4 Å². The van der Waals surface area contributed by atoms with Gasteiger partial charge in [-0.15, -0.1) is 0 Å². The number of nitrogens with one attached hydrogen (secondary N) is 1. The molecule has 90 valence electrons. The lowest BCUT2D eigenvalue weighted by Gasteiger charge is -2.05. The molecule has 0 aromatic heterocycles. The molecule has 0 saturated heterocycles. The Morgan fingerprint density at radius 1 is 1.41 bits per heavy atom. The second kappa shape index (κ2) is 6.64. The van der Waals surface area contributed by atoms with Crippen LogP contribution in [-0.4, -0.2) is 12.5 Å². The Hall–Kier alpha value is -1.89. The number of hydrogen-bond acceptors (Lipinski definition) is 2. The number of unbranched alkanes of at least 4 members (excludes halogenated alkanes) is 2. The lowest BCUT2D eigenvalue weighted by Crippen LogP contribution is -2.24. The van der Waals surface area contributed by atoms with Crippen molar-refractivity contribution in [3.05, 3.63) is 35.1 Å². The molecule has 0 fully saturated rings. The maximum Gasteiger partial charge on any atom is 0.251 e. The van der Waals surface area contributed by atoms with Crippen molar-refractivity contribution in [2.24, 2.45) is 0 Å². The molecule has 1 rings (SSSR count). The molecule has 4 heteroatoms. The van der Waals surface area contributed by atoms with Gasteiger partial charge in [0.05, 0.1) is 6.07 Å². The van der Waals surface area contributed by atoms with Crippen molar-refractivity contribution in [3.63, 3.8) is 0 Å². The molecule has 0 atom stereocenters. The molecular weight excluding hydrogens is 219 g/mol. The number of aryl methyl sites for hydroxylation is 1. The van der Waals surface area contributed by atoms with Crippen LogP contribution in [0.2, 0.25) is 0 Å². The van der Waals surface area contributed by atoms with E-state index in [-0.39, 0.29) is 5.91 Å². The molecule has 17 heavy (non-hydrogen) atoms. The van der Waals surface area contributed by atoms with Crippen molar-refractivity contribution in [1.82, 2.24) is 5.32 Å². The number of hydrogen-bond donors (Lipinski definition) is 1. The van der Waals surface area contributed by atoms with Gasteiger partial charge in [0.1, 0.15) is 5.82 Å². The SMILES string of the molecule is Cc1cc(F)cc(C(=O)NCCCCC#N)c1. The van der Waals surface area contributed by atoms with Gasteiger partial charge in [0.2, 0.25) is 0 Å². The molecule has 0 bridgehead atoms. The third-order valence-corrected chi connectivity index (χ3v) is 2.31. The van der Waals surface area contributed by atoms with Crippen LogP contribution in [0.15, 0.2) is 18.2 Å². The van der Waals surface area contributed by atoms with Crippen molar-refractivity contribution in [1.29, 1.82) is 5.26 Å². The van der Waals surface area contributed by atoms with Gasteiger partial charge >= 0.3 is 0 Å². The van der Waals surface area contributed by atoms with E-state index in [9.17, 15) is 9.18 Å². The lowest BCUT2D eigenvalue weighted by molar-refractivity contribution is 0.0952. The minimum atomic E-state index is -0.403. The molecule has 0 spiro atoms. The number of carbonyl (C=O) groups excluding carboxylic acids is 1. The van der Waals surface area contributed by atoms with Gasteiger partial charge in [0.25, 0.3) is 5.91 Å². The van der Waals surface area contributed by atoms with Gasteiger partial charge in [-0.2, -0.15) is 5.26 Å². The minimum Gasteiger partial charge on any atom is -0.352 e. The van der Waals surface area contributed by atoms with E-state index >= 15 is 0 Å². The zero-order chi connectivity index (χ0) is 12.7. The van der Waals surface area contributed by atoms with Gasteiger partial charge in [0, 0.05) is 18.5 Å². The molecule has 0 radical (unpaired) electrons. The molecule has 0 aliphatic carbocycles. The van der Waals surface area contributed by atoms with Gasteiger partial charge in [0.15, 0.2) is 0 Å². The van der Waals surface area contributed by atoms with Crippen molar-refractivity contribution in [3.8, 4) is 6.07 Å². The average molecular weight is 234 g/mol. The van der Waals surface area contributed by atoms with E-state index < -0.39 is 5.82 Å². The summed E-state index contributed by atoms with van der Waals surface area (Å²) in [7, 11) is 0. The molecule has 0 heterocycles. The number of halogens is 1. The number of amides is 1. The number of nitriles is 1. The van der Waals surface area contributed by atoms with E-state index in [0.29, 0.717) is 18.5 Å². The molecular formula is C13H15FN2O. The van der Waals surface area contributed by atoms with Crippen molar-refractivity contribution in [2.45, 2.75) is 26.2 Å². The van der Waals surface area contributed by atoms with Crippen LogP contribution in [0.4, 0.5) is 4.39 Å². The average Bonchev–Trinajstić information content (AvgIpc) is 2.27. The highest BCUT2D eigenvalue weighted by Crippen LogP contribution is 2.08. The number of benzene rings is 1. The fourth-order valence-electron chi connectivity index (χ4n) is 1.50. The first-order valence-electron chi connectivity index (χ1n) is 5.56. The summed E-state index contributed by atoms with van der Waals surface area (Å²) in [6.45, 7) is 2.25.